The van der Waals surface area contributed by atoms with E-state index < -0.39 is 18.1 Å². The minimum absolute atomic E-state index is 0.00850. The molecule has 0 unspecified atom stereocenters. The summed E-state index contributed by atoms with van der Waals surface area (Å²) in [5, 5.41) is 12.4. The Morgan fingerprint density at radius 2 is 2.09 bits per heavy atom. The van der Waals surface area contributed by atoms with E-state index >= 15 is 0 Å². The lowest BCUT2D eigenvalue weighted by atomic mass is 10.2. The van der Waals surface area contributed by atoms with Crippen LogP contribution in [0.15, 0.2) is 30.6 Å². The van der Waals surface area contributed by atoms with Gasteiger partial charge in [-0.05, 0) is 18.2 Å². The van der Waals surface area contributed by atoms with Crippen molar-refractivity contribution in [3.8, 4) is 17.1 Å². The van der Waals surface area contributed by atoms with E-state index in [0.717, 1.165) is 29.1 Å². The van der Waals surface area contributed by atoms with Gasteiger partial charge < -0.3 is 9.84 Å². The second-order valence-corrected chi connectivity index (χ2v) is 4.36. The van der Waals surface area contributed by atoms with E-state index in [9.17, 15) is 18.0 Å². The topological polar surface area (TPSA) is 77.2 Å². The van der Waals surface area contributed by atoms with E-state index in [1.54, 1.807) is 0 Å². The molecule has 0 atom stereocenters. The van der Waals surface area contributed by atoms with Crippen LogP contribution in [-0.2, 0) is 4.79 Å². The minimum atomic E-state index is -4.85. The Morgan fingerprint density at radius 3 is 2.73 bits per heavy atom. The van der Waals surface area contributed by atoms with E-state index in [1.807, 2.05) is 0 Å². The fraction of sp³-hybridized carbons (Fsp3) is 0.0833. The van der Waals surface area contributed by atoms with Gasteiger partial charge in [0.15, 0.2) is 5.82 Å². The number of ether oxygens (including phenoxy) is 1. The van der Waals surface area contributed by atoms with Gasteiger partial charge in [0, 0.05) is 22.9 Å². The molecule has 0 fully saturated rings. The van der Waals surface area contributed by atoms with Crippen molar-refractivity contribution in [3.63, 3.8) is 0 Å². The number of carbonyl (C=O) groups is 1. The average Bonchev–Trinajstić information content (AvgIpc) is 2.82. The molecule has 2 aromatic rings. The number of nitrogens with zero attached hydrogens (tertiary/aromatic N) is 3. The molecule has 0 aliphatic heterocycles. The summed E-state index contributed by atoms with van der Waals surface area (Å²) in [6, 6.07) is 3.42. The number of hydrogen-bond acceptors (Lipinski definition) is 4. The third-order valence-corrected chi connectivity index (χ3v) is 2.46. The molecule has 1 heterocycles. The molecule has 0 saturated heterocycles. The molecule has 0 aliphatic rings. The van der Waals surface area contributed by atoms with Gasteiger partial charge in [0.2, 0.25) is 0 Å². The standard InChI is InChI=1S/C12H7ClF3N3O3/c13-8-3-7(4-9(5-8)22-12(14,15)16)11-17-6-19(18-11)2-1-10(20)21/h1-6H,(H,20,21). The molecule has 116 valence electrons. The van der Waals surface area contributed by atoms with Crippen LogP contribution in [0.3, 0.4) is 0 Å². The number of carboxylic acids is 1. The molecule has 1 aromatic carbocycles. The Balaban J connectivity index is 2.31. The molecule has 2 rings (SSSR count). The molecule has 1 aromatic heterocycles. The highest BCUT2D eigenvalue weighted by Crippen LogP contribution is 2.30. The van der Waals surface area contributed by atoms with E-state index in [1.165, 1.54) is 12.4 Å². The molecule has 10 heteroatoms. The summed E-state index contributed by atoms with van der Waals surface area (Å²) in [5.74, 6) is -1.63. The van der Waals surface area contributed by atoms with Crippen LogP contribution in [0.5, 0.6) is 5.75 Å². The van der Waals surface area contributed by atoms with Crippen molar-refractivity contribution in [2.45, 2.75) is 6.36 Å². The van der Waals surface area contributed by atoms with Crippen LogP contribution in [0, 0.1) is 0 Å². The van der Waals surface area contributed by atoms with Crippen molar-refractivity contribution in [2.75, 3.05) is 0 Å². The van der Waals surface area contributed by atoms with Crippen molar-refractivity contribution in [3.05, 3.63) is 35.6 Å². The highest BCUT2D eigenvalue weighted by atomic mass is 35.5. The molecule has 0 aliphatic carbocycles. The van der Waals surface area contributed by atoms with Gasteiger partial charge in [-0.25, -0.2) is 14.5 Å². The maximum Gasteiger partial charge on any atom is 0.573 e. The number of aromatic nitrogens is 3. The Hall–Kier alpha value is -2.55. The van der Waals surface area contributed by atoms with Gasteiger partial charge in [0.25, 0.3) is 0 Å². The monoisotopic (exact) mass is 333 g/mol. The fourth-order valence-corrected chi connectivity index (χ4v) is 1.73. The van der Waals surface area contributed by atoms with Gasteiger partial charge >= 0.3 is 12.3 Å². The summed E-state index contributed by atoms with van der Waals surface area (Å²) in [4.78, 5) is 14.2. The number of aliphatic carboxylic acids is 1. The zero-order valence-corrected chi connectivity index (χ0v) is 11.3. The Bertz CT molecular complexity index is 728. The fourth-order valence-electron chi connectivity index (χ4n) is 1.50. The molecule has 0 radical (unpaired) electrons. The largest absolute Gasteiger partial charge is 0.573 e. The summed E-state index contributed by atoms with van der Waals surface area (Å²) in [6.45, 7) is 0. The van der Waals surface area contributed by atoms with Gasteiger partial charge in [-0.15, -0.1) is 18.3 Å². The molecule has 0 amide bonds. The van der Waals surface area contributed by atoms with Crippen LogP contribution in [0.2, 0.25) is 5.02 Å². The molecule has 0 saturated carbocycles. The number of alkyl halides is 3. The van der Waals surface area contributed by atoms with Crippen molar-refractivity contribution in [1.82, 2.24) is 14.8 Å². The summed E-state index contributed by atoms with van der Waals surface area (Å²) in [7, 11) is 0. The lowest BCUT2D eigenvalue weighted by Gasteiger charge is -2.09. The number of rotatable bonds is 4. The van der Waals surface area contributed by atoms with E-state index in [4.69, 9.17) is 16.7 Å². The number of halogens is 4. The first-order valence-electron chi connectivity index (χ1n) is 5.62. The summed E-state index contributed by atoms with van der Waals surface area (Å²) < 4.78 is 41.5. The molecule has 0 bridgehead atoms. The predicted octanol–water partition coefficient (Wildman–Crippen LogP) is 3.05. The summed E-state index contributed by atoms with van der Waals surface area (Å²) >= 11 is 5.74. The smallest absolute Gasteiger partial charge is 0.478 e. The number of benzene rings is 1. The highest BCUT2D eigenvalue weighted by molar-refractivity contribution is 6.31. The zero-order valence-electron chi connectivity index (χ0n) is 10.6. The first-order chi connectivity index (χ1) is 10.2. The number of carboxylic acid groups (broad SMARTS) is 1. The minimum Gasteiger partial charge on any atom is -0.478 e. The Morgan fingerprint density at radius 1 is 1.36 bits per heavy atom. The van der Waals surface area contributed by atoms with Crippen molar-refractivity contribution in [1.29, 1.82) is 0 Å². The summed E-state index contributed by atoms with van der Waals surface area (Å²) in [6.07, 6.45) is -1.70. The van der Waals surface area contributed by atoms with Gasteiger partial charge in [0.1, 0.15) is 12.1 Å². The van der Waals surface area contributed by atoms with E-state index in [2.05, 4.69) is 14.8 Å². The molecular formula is C12H7ClF3N3O3. The van der Waals surface area contributed by atoms with Crippen molar-refractivity contribution >= 4 is 23.8 Å². The normalized spacial score (nSPS) is 11.8. The third-order valence-electron chi connectivity index (χ3n) is 2.24. The van der Waals surface area contributed by atoms with Gasteiger partial charge in [-0.1, -0.05) is 11.6 Å². The maximum absolute atomic E-state index is 12.2. The predicted molar refractivity (Wildman–Crippen MR) is 70.1 cm³/mol. The Labute approximate surface area is 126 Å². The van der Waals surface area contributed by atoms with E-state index in [-0.39, 0.29) is 16.4 Å². The first-order valence-corrected chi connectivity index (χ1v) is 6.00. The quantitative estimate of drug-likeness (QED) is 0.870. The lowest BCUT2D eigenvalue weighted by molar-refractivity contribution is -0.274. The van der Waals surface area contributed by atoms with Crippen LogP contribution >= 0.6 is 11.6 Å². The molecule has 22 heavy (non-hydrogen) atoms. The molecule has 0 spiro atoms. The van der Waals surface area contributed by atoms with E-state index in [0.29, 0.717) is 0 Å². The van der Waals surface area contributed by atoms with Crippen molar-refractivity contribution < 1.29 is 27.8 Å². The Kier molecular flexibility index (Phi) is 4.36. The maximum atomic E-state index is 12.2. The van der Waals surface area contributed by atoms with Crippen LogP contribution < -0.4 is 4.74 Å². The molecular weight excluding hydrogens is 327 g/mol. The second-order valence-electron chi connectivity index (χ2n) is 3.93. The highest BCUT2D eigenvalue weighted by Gasteiger charge is 2.31. The van der Waals surface area contributed by atoms with Crippen LogP contribution in [-0.4, -0.2) is 32.2 Å². The summed E-state index contributed by atoms with van der Waals surface area (Å²) in [5.41, 5.74) is 0.189. The lowest BCUT2D eigenvalue weighted by Crippen LogP contribution is -2.17. The van der Waals surface area contributed by atoms with Crippen LogP contribution in [0.1, 0.15) is 0 Å². The third kappa shape index (κ3) is 4.48. The second kappa shape index (κ2) is 6.06. The molecule has 6 nitrogen and oxygen atoms in total. The SMILES string of the molecule is O=C(O)C=Cn1cnc(-c2cc(Cl)cc(OC(F)(F)F)c2)n1. The van der Waals surface area contributed by atoms with Crippen LogP contribution in [0.25, 0.3) is 17.6 Å². The van der Waals surface area contributed by atoms with Crippen LogP contribution in [0.4, 0.5) is 13.2 Å². The van der Waals surface area contributed by atoms with Gasteiger partial charge in [0.05, 0.1) is 0 Å². The first kappa shape index (κ1) is 15.8. The van der Waals surface area contributed by atoms with Crippen molar-refractivity contribution in [2.24, 2.45) is 0 Å². The zero-order chi connectivity index (χ0) is 16.3. The van der Waals surface area contributed by atoms with Gasteiger partial charge in [-0.3, -0.25) is 0 Å². The van der Waals surface area contributed by atoms with Gasteiger partial charge in [-0.2, -0.15) is 0 Å². The molecule has 1 N–H and O–H groups in total. The number of hydrogen-bond donors (Lipinski definition) is 1. The average molecular weight is 334 g/mol.